The fraction of sp³-hybridized carbons (Fsp3) is 0.588. The molecule has 0 fully saturated rings. The highest BCUT2D eigenvalue weighted by Gasteiger charge is 2.17. The fourth-order valence-corrected chi connectivity index (χ4v) is 2.45. The molecule has 0 heterocycles. The summed E-state index contributed by atoms with van der Waals surface area (Å²) in [5, 5.41) is 12.4. The van der Waals surface area contributed by atoms with E-state index in [4.69, 9.17) is 9.84 Å². The first kappa shape index (κ1) is 17.5. The van der Waals surface area contributed by atoms with Crippen molar-refractivity contribution in [2.45, 2.75) is 58.5 Å². The molecule has 0 radical (unpaired) electrons. The SMILES string of the molecule is COc1ccc(C(C)C)cc1CC(CC(=O)O)NC(C)C. The van der Waals surface area contributed by atoms with Crippen molar-refractivity contribution in [1.29, 1.82) is 0 Å². The van der Waals surface area contributed by atoms with Gasteiger partial charge in [0.15, 0.2) is 0 Å². The molecule has 0 saturated carbocycles. The molecule has 1 rings (SSSR count). The van der Waals surface area contributed by atoms with Crippen LogP contribution in [0.5, 0.6) is 5.75 Å². The lowest BCUT2D eigenvalue weighted by molar-refractivity contribution is -0.137. The Kier molecular flexibility index (Phi) is 6.69. The fourth-order valence-electron chi connectivity index (χ4n) is 2.45. The second kappa shape index (κ2) is 8.03. The Morgan fingerprint density at radius 2 is 1.95 bits per heavy atom. The number of aliphatic carboxylic acids is 1. The minimum atomic E-state index is -0.785. The predicted octanol–water partition coefficient (Wildman–Crippen LogP) is 3.20. The molecule has 0 saturated heterocycles. The summed E-state index contributed by atoms with van der Waals surface area (Å²) < 4.78 is 5.42. The molecule has 21 heavy (non-hydrogen) atoms. The van der Waals surface area contributed by atoms with Gasteiger partial charge in [-0.05, 0) is 29.5 Å². The molecule has 1 atom stereocenters. The van der Waals surface area contributed by atoms with E-state index < -0.39 is 5.97 Å². The summed E-state index contributed by atoms with van der Waals surface area (Å²) in [6.07, 6.45) is 0.751. The van der Waals surface area contributed by atoms with Crippen molar-refractivity contribution in [1.82, 2.24) is 5.32 Å². The molecule has 0 aromatic heterocycles. The third-order valence-corrected chi connectivity index (χ3v) is 3.43. The summed E-state index contributed by atoms with van der Waals surface area (Å²) in [4.78, 5) is 11.0. The molecule has 2 N–H and O–H groups in total. The highest BCUT2D eigenvalue weighted by Crippen LogP contribution is 2.25. The van der Waals surface area contributed by atoms with Crippen LogP contribution < -0.4 is 10.1 Å². The van der Waals surface area contributed by atoms with Crippen LogP contribution in [0.1, 0.15) is 51.2 Å². The molecule has 0 spiro atoms. The molecule has 118 valence electrons. The van der Waals surface area contributed by atoms with Crippen molar-refractivity contribution in [2.75, 3.05) is 7.11 Å². The van der Waals surface area contributed by atoms with Gasteiger partial charge in [0, 0.05) is 12.1 Å². The second-order valence-electron chi connectivity index (χ2n) is 6.05. The van der Waals surface area contributed by atoms with Crippen molar-refractivity contribution in [3.05, 3.63) is 29.3 Å². The van der Waals surface area contributed by atoms with Crippen LogP contribution in [0, 0.1) is 0 Å². The first-order chi connectivity index (χ1) is 9.83. The number of rotatable bonds is 8. The average Bonchev–Trinajstić information content (AvgIpc) is 2.36. The van der Waals surface area contributed by atoms with Crippen LogP contribution in [0.3, 0.4) is 0 Å². The summed E-state index contributed by atoms with van der Waals surface area (Å²) in [5.74, 6) is 0.470. The van der Waals surface area contributed by atoms with Gasteiger partial charge in [-0.3, -0.25) is 4.79 Å². The quantitative estimate of drug-likeness (QED) is 0.773. The molecule has 4 nitrogen and oxygen atoms in total. The lowest BCUT2D eigenvalue weighted by atomic mass is 9.95. The van der Waals surface area contributed by atoms with E-state index in [2.05, 4.69) is 31.3 Å². The number of hydrogen-bond acceptors (Lipinski definition) is 3. The summed E-state index contributed by atoms with van der Waals surface area (Å²) in [7, 11) is 1.65. The molecule has 0 aliphatic heterocycles. The number of nitrogens with one attached hydrogen (secondary N) is 1. The number of carbonyl (C=O) groups is 1. The van der Waals surface area contributed by atoms with Crippen LogP contribution in [0.15, 0.2) is 18.2 Å². The lowest BCUT2D eigenvalue weighted by Gasteiger charge is -2.21. The molecular weight excluding hydrogens is 266 g/mol. The van der Waals surface area contributed by atoms with E-state index in [1.807, 2.05) is 19.9 Å². The molecule has 1 aromatic rings. The Hall–Kier alpha value is -1.55. The summed E-state index contributed by atoms with van der Waals surface area (Å²) in [6, 6.07) is 6.31. The highest BCUT2D eigenvalue weighted by atomic mass is 16.5. The molecule has 1 aromatic carbocycles. The van der Waals surface area contributed by atoms with Crippen LogP contribution in [0.4, 0.5) is 0 Å². The zero-order valence-corrected chi connectivity index (χ0v) is 13.6. The van der Waals surface area contributed by atoms with Gasteiger partial charge in [0.2, 0.25) is 0 Å². The van der Waals surface area contributed by atoms with Gasteiger partial charge in [0.25, 0.3) is 0 Å². The van der Waals surface area contributed by atoms with Gasteiger partial charge in [-0.2, -0.15) is 0 Å². The van der Waals surface area contributed by atoms with Crippen molar-refractivity contribution >= 4 is 5.97 Å². The number of benzene rings is 1. The maximum atomic E-state index is 11.0. The maximum absolute atomic E-state index is 11.0. The van der Waals surface area contributed by atoms with Gasteiger partial charge in [-0.15, -0.1) is 0 Å². The van der Waals surface area contributed by atoms with Crippen molar-refractivity contribution < 1.29 is 14.6 Å². The van der Waals surface area contributed by atoms with Crippen LogP contribution >= 0.6 is 0 Å². The lowest BCUT2D eigenvalue weighted by Crippen LogP contribution is -2.38. The van der Waals surface area contributed by atoms with E-state index in [0.29, 0.717) is 12.3 Å². The van der Waals surface area contributed by atoms with E-state index in [9.17, 15) is 4.79 Å². The molecule has 0 aliphatic carbocycles. The second-order valence-corrected chi connectivity index (χ2v) is 6.05. The highest BCUT2D eigenvalue weighted by molar-refractivity contribution is 5.67. The largest absolute Gasteiger partial charge is 0.496 e. The molecule has 0 amide bonds. The van der Waals surface area contributed by atoms with Gasteiger partial charge in [-0.1, -0.05) is 39.8 Å². The summed E-state index contributed by atoms with van der Waals surface area (Å²) in [6.45, 7) is 8.34. The minimum absolute atomic E-state index is 0.0983. The first-order valence-corrected chi connectivity index (χ1v) is 7.48. The van der Waals surface area contributed by atoms with Gasteiger partial charge in [0.05, 0.1) is 13.5 Å². The average molecular weight is 293 g/mol. The minimum Gasteiger partial charge on any atom is -0.496 e. The molecular formula is C17H27NO3. The Morgan fingerprint density at radius 3 is 2.43 bits per heavy atom. The van der Waals surface area contributed by atoms with Gasteiger partial charge >= 0.3 is 5.97 Å². The van der Waals surface area contributed by atoms with Gasteiger partial charge in [-0.25, -0.2) is 0 Å². The van der Waals surface area contributed by atoms with E-state index >= 15 is 0 Å². The third-order valence-electron chi connectivity index (χ3n) is 3.43. The zero-order chi connectivity index (χ0) is 16.0. The number of hydrogen-bond donors (Lipinski definition) is 2. The van der Waals surface area contributed by atoms with Crippen LogP contribution in [-0.4, -0.2) is 30.3 Å². The van der Waals surface area contributed by atoms with Crippen LogP contribution in [-0.2, 0) is 11.2 Å². The van der Waals surface area contributed by atoms with Crippen LogP contribution in [0.2, 0.25) is 0 Å². The van der Waals surface area contributed by atoms with E-state index in [1.165, 1.54) is 5.56 Å². The van der Waals surface area contributed by atoms with Gasteiger partial charge < -0.3 is 15.2 Å². The van der Waals surface area contributed by atoms with Crippen molar-refractivity contribution in [3.8, 4) is 5.75 Å². The van der Waals surface area contributed by atoms with Crippen LogP contribution in [0.25, 0.3) is 0 Å². The standard InChI is InChI=1S/C17H27NO3/c1-11(2)13-6-7-16(21-5)14(8-13)9-15(10-17(19)20)18-12(3)4/h6-8,11-12,15,18H,9-10H2,1-5H3,(H,19,20). The molecule has 0 bridgehead atoms. The molecule has 0 aliphatic rings. The number of methoxy groups -OCH3 is 1. The van der Waals surface area contributed by atoms with Crippen molar-refractivity contribution in [2.24, 2.45) is 0 Å². The topological polar surface area (TPSA) is 58.6 Å². The number of carboxylic acid groups (broad SMARTS) is 1. The Labute approximate surface area is 127 Å². The number of carboxylic acids is 1. The molecule has 4 heteroatoms. The Bertz CT molecular complexity index is 469. The van der Waals surface area contributed by atoms with E-state index in [-0.39, 0.29) is 18.5 Å². The van der Waals surface area contributed by atoms with Gasteiger partial charge in [0.1, 0.15) is 5.75 Å². The normalized spacial score (nSPS) is 12.7. The Balaban J connectivity index is 2.99. The summed E-state index contributed by atoms with van der Waals surface area (Å²) in [5.41, 5.74) is 2.30. The zero-order valence-electron chi connectivity index (χ0n) is 13.6. The Morgan fingerprint density at radius 1 is 1.29 bits per heavy atom. The third kappa shape index (κ3) is 5.76. The van der Waals surface area contributed by atoms with Crippen molar-refractivity contribution in [3.63, 3.8) is 0 Å². The molecule has 1 unspecified atom stereocenters. The smallest absolute Gasteiger partial charge is 0.304 e. The first-order valence-electron chi connectivity index (χ1n) is 7.48. The van der Waals surface area contributed by atoms with E-state index in [1.54, 1.807) is 7.11 Å². The maximum Gasteiger partial charge on any atom is 0.304 e. The van der Waals surface area contributed by atoms with E-state index in [0.717, 1.165) is 11.3 Å². The summed E-state index contributed by atoms with van der Waals surface area (Å²) >= 11 is 0. The monoisotopic (exact) mass is 293 g/mol. The predicted molar refractivity (Wildman–Crippen MR) is 85.1 cm³/mol. The number of ether oxygens (including phenoxy) is 1.